The van der Waals surface area contributed by atoms with Crippen LogP contribution >= 0.6 is 0 Å². The number of hydrogen-bond acceptors (Lipinski definition) is 6. The molecule has 0 amide bonds. The van der Waals surface area contributed by atoms with Gasteiger partial charge in [-0.15, -0.1) is 0 Å². The van der Waals surface area contributed by atoms with Crippen molar-refractivity contribution >= 4 is 17.2 Å². The highest BCUT2D eigenvalue weighted by molar-refractivity contribution is 6.07. The molecule has 8 nitrogen and oxygen atoms in total. The van der Waals surface area contributed by atoms with Gasteiger partial charge in [0, 0.05) is 44.2 Å². The Kier molecular flexibility index (Phi) is 5.49. The van der Waals surface area contributed by atoms with Gasteiger partial charge in [-0.05, 0) is 26.0 Å². The van der Waals surface area contributed by atoms with Gasteiger partial charge in [-0.1, -0.05) is 0 Å². The van der Waals surface area contributed by atoms with Gasteiger partial charge in [-0.25, -0.2) is 4.98 Å². The van der Waals surface area contributed by atoms with Gasteiger partial charge in [0.1, 0.15) is 5.69 Å². The fourth-order valence-corrected chi connectivity index (χ4v) is 2.56. The Bertz CT molecular complexity index is 837. The van der Waals surface area contributed by atoms with E-state index in [9.17, 15) is 14.9 Å². The number of nitro benzene ring substituents is 1. The van der Waals surface area contributed by atoms with Crippen LogP contribution in [0.15, 0.2) is 30.6 Å². The number of nitro groups is 1. The molecule has 0 saturated carbocycles. The molecule has 0 spiro atoms. The number of aryl methyl sites for hydroxylation is 1. The number of ketones is 1. The third kappa shape index (κ3) is 3.83. The van der Waals surface area contributed by atoms with E-state index in [4.69, 9.17) is 5.26 Å². The standard InChI is InChI=1S/C17H19N5O3/c1-4-21(11-12(2)10-18)14-6-5-13(9-15(14)22(24)25)16(23)17-19-7-8-20(17)3/h5-9,12H,4,11H2,1-3H3/t12-/m1/s1. The van der Waals surface area contributed by atoms with Crippen molar-refractivity contribution in [3.05, 3.63) is 52.1 Å². The van der Waals surface area contributed by atoms with Gasteiger partial charge in [0.05, 0.1) is 16.9 Å². The molecule has 2 rings (SSSR count). The average molecular weight is 341 g/mol. The molecule has 0 saturated heterocycles. The van der Waals surface area contributed by atoms with E-state index >= 15 is 0 Å². The minimum Gasteiger partial charge on any atom is -0.365 e. The predicted molar refractivity (Wildman–Crippen MR) is 92.4 cm³/mol. The Labute approximate surface area is 145 Å². The number of nitriles is 1. The minimum atomic E-state index is -0.510. The molecule has 1 aromatic heterocycles. The second-order valence-electron chi connectivity index (χ2n) is 5.72. The maximum absolute atomic E-state index is 12.5. The number of nitrogens with zero attached hydrogens (tertiary/aromatic N) is 5. The van der Waals surface area contributed by atoms with E-state index in [2.05, 4.69) is 11.1 Å². The van der Waals surface area contributed by atoms with Crippen molar-refractivity contribution in [3.63, 3.8) is 0 Å². The van der Waals surface area contributed by atoms with E-state index in [0.29, 0.717) is 18.8 Å². The Balaban J connectivity index is 2.44. The molecule has 0 fully saturated rings. The van der Waals surface area contributed by atoms with Crippen molar-refractivity contribution in [2.45, 2.75) is 13.8 Å². The van der Waals surface area contributed by atoms with Crippen LogP contribution in [0.3, 0.4) is 0 Å². The summed E-state index contributed by atoms with van der Waals surface area (Å²) in [5, 5.41) is 20.5. The van der Waals surface area contributed by atoms with Crippen LogP contribution in [-0.4, -0.2) is 33.3 Å². The van der Waals surface area contributed by atoms with E-state index in [-0.39, 0.29) is 28.8 Å². The summed E-state index contributed by atoms with van der Waals surface area (Å²) in [5.41, 5.74) is 0.437. The van der Waals surface area contributed by atoms with Crippen LogP contribution in [0.25, 0.3) is 0 Å². The zero-order valence-corrected chi connectivity index (χ0v) is 14.3. The Morgan fingerprint density at radius 1 is 1.52 bits per heavy atom. The highest BCUT2D eigenvalue weighted by Crippen LogP contribution is 2.30. The van der Waals surface area contributed by atoms with Gasteiger partial charge in [-0.3, -0.25) is 14.9 Å². The van der Waals surface area contributed by atoms with Gasteiger partial charge >= 0.3 is 0 Å². The van der Waals surface area contributed by atoms with Crippen molar-refractivity contribution in [1.82, 2.24) is 9.55 Å². The first-order valence-electron chi connectivity index (χ1n) is 7.84. The number of benzene rings is 1. The summed E-state index contributed by atoms with van der Waals surface area (Å²) in [4.78, 5) is 29.3. The molecule has 1 heterocycles. The van der Waals surface area contributed by atoms with Crippen LogP contribution in [-0.2, 0) is 7.05 Å². The SMILES string of the molecule is CCN(C[C@H](C)C#N)c1ccc(C(=O)c2nccn2C)cc1[N+](=O)[O-]. The molecule has 25 heavy (non-hydrogen) atoms. The van der Waals surface area contributed by atoms with Gasteiger partial charge in [0.2, 0.25) is 5.78 Å². The second kappa shape index (κ2) is 7.57. The van der Waals surface area contributed by atoms with E-state index in [1.165, 1.54) is 12.3 Å². The van der Waals surface area contributed by atoms with Crippen molar-refractivity contribution in [3.8, 4) is 6.07 Å². The molecule has 8 heteroatoms. The number of anilines is 1. The second-order valence-corrected chi connectivity index (χ2v) is 5.72. The lowest BCUT2D eigenvalue weighted by Gasteiger charge is -2.24. The summed E-state index contributed by atoms with van der Waals surface area (Å²) < 4.78 is 1.56. The highest BCUT2D eigenvalue weighted by atomic mass is 16.6. The fraction of sp³-hybridized carbons (Fsp3) is 0.353. The topological polar surface area (TPSA) is 105 Å². The monoisotopic (exact) mass is 341 g/mol. The molecule has 0 unspecified atom stereocenters. The normalized spacial score (nSPS) is 11.6. The Morgan fingerprint density at radius 2 is 2.24 bits per heavy atom. The van der Waals surface area contributed by atoms with E-state index < -0.39 is 4.92 Å². The number of rotatable bonds is 7. The molecule has 0 aliphatic heterocycles. The van der Waals surface area contributed by atoms with Crippen LogP contribution in [0.2, 0.25) is 0 Å². The highest BCUT2D eigenvalue weighted by Gasteiger charge is 2.23. The molecule has 2 aromatic rings. The third-order valence-corrected chi connectivity index (χ3v) is 3.90. The molecule has 0 aliphatic carbocycles. The van der Waals surface area contributed by atoms with Crippen LogP contribution < -0.4 is 4.90 Å². The lowest BCUT2D eigenvalue weighted by Crippen LogP contribution is -2.28. The summed E-state index contributed by atoms with van der Waals surface area (Å²) in [6.45, 7) is 4.51. The fourth-order valence-electron chi connectivity index (χ4n) is 2.56. The molecule has 1 atom stereocenters. The quantitative estimate of drug-likeness (QED) is 0.435. The van der Waals surface area contributed by atoms with Crippen LogP contribution in [0.4, 0.5) is 11.4 Å². The number of carbonyl (C=O) groups excluding carboxylic acids is 1. The minimum absolute atomic E-state index is 0.160. The number of imidazole rings is 1. The van der Waals surface area contributed by atoms with Crippen LogP contribution in [0, 0.1) is 27.4 Å². The van der Waals surface area contributed by atoms with Gasteiger partial charge < -0.3 is 9.47 Å². The van der Waals surface area contributed by atoms with Crippen molar-refractivity contribution < 1.29 is 9.72 Å². The zero-order valence-electron chi connectivity index (χ0n) is 14.3. The van der Waals surface area contributed by atoms with Gasteiger partial charge in [0.25, 0.3) is 5.69 Å². The largest absolute Gasteiger partial charge is 0.365 e. The molecule has 0 aliphatic rings. The van der Waals surface area contributed by atoms with Gasteiger partial charge in [-0.2, -0.15) is 5.26 Å². The predicted octanol–water partition coefficient (Wildman–Crippen LogP) is 2.55. The molecular weight excluding hydrogens is 322 g/mol. The van der Waals surface area contributed by atoms with E-state index in [1.807, 2.05) is 6.92 Å². The van der Waals surface area contributed by atoms with Crippen molar-refractivity contribution in [2.24, 2.45) is 13.0 Å². The Hall–Kier alpha value is -3.21. The molecule has 0 N–H and O–H groups in total. The maximum Gasteiger partial charge on any atom is 0.293 e. The summed E-state index contributed by atoms with van der Waals surface area (Å²) in [6, 6.07) is 6.51. The number of hydrogen-bond donors (Lipinski definition) is 0. The first-order valence-corrected chi connectivity index (χ1v) is 7.84. The van der Waals surface area contributed by atoms with Crippen LogP contribution in [0.5, 0.6) is 0 Å². The molecule has 0 bridgehead atoms. The van der Waals surface area contributed by atoms with Crippen molar-refractivity contribution in [2.75, 3.05) is 18.0 Å². The van der Waals surface area contributed by atoms with E-state index in [1.54, 1.807) is 41.8 Å². The lowest BCUT2D eigenvalue weighted by atomic mass is 10.1. The zero-order chi connectivity index (χ0) is 18.6. The molecule has 1 aromatic carbocycles. The summed E-state index contributed by atoms with van der Waals surface area (Å²) in [7, 11) is 1.69. The molecule has 130 valence electrons. The smallest absolute Gasteiger partial charge is 0.293 e. The van der Waals surface area contributed by atoms with Crippen molar-refractivity contribution in [1.29, 1.82) is 5.26 Å². The average Bonchev–Trinajstić information content (AvgIpc) is 3.04. The molecular formula is C17H19N5O3. The number of carbonyl (C=O) groups is 1. The summed E-state index contributed by atoms with van der Waals surface area (Å²) in [6.07, 6.45) is 3.14. The first kappa shape index (κ1) is 18.1. The molecule has 0 radical (unpaired) electrons. The van der Waals surface area contributed by atoms with Crippen LogP contribution in [0.1, 0.15) is 30.0 Å². The maximum atomic E-state index is 12.5. The lowest BCUT2D eigenvalue weighted by molar-refractivity contribution is -0.384. The van der Waals surface area contributed by atoms with Gasteiger partial charge in [0.15, 0.2) is 5.82 Å². The summed E-state index contributed by atoms with van der Waals surface area (Å²) >= 11 is 0. The Morgan fingerprint density at radius 3 is 2.76 bits per heavy atom. The first-order chi connectivity index (χ1) is 11.9. The summed E-state index contributed by atoms with van der Waals surface area (Å²) in [5.74, 6) is -0.434. The number of aromatic nitrogens is 2. The third-order valence-electron chi connectivity index (χ3n) is 3.90. The van der Waals surface area contributed by atoms with E-state index in [0.717, 1.165) is 0 Å².